The summed E-state index contributed by atoms with van der Waals surface area (Å²) in [5.41, 5.74) is 1.51. The van der Waals surface area contributed by atoms with E-state index in [0.29, 0.717) is 26.4 Å². The van der Waals surface area contributed by atoms with Gasteiger partial charge in [-0.15, -0.1) is 5.10 Å². The number of rotatable bonds is 4. The standard InChI is InChI=1S/C17H12N4OS3/c22-15-12-8-4-5-9-13(12)18-14(19-15)10-24-16-20-21(17(23)25-16)11-6-2-1-3-7-11/h1-9H,10H2,(H,18,19,22). The Morgan fingerprint density at radius 2 is 1.88 bits per heavy atom. The number of hydrogen-bond donors (Lipinski definition) is 1. The number of fused-ring (bicyclic) bond motifs is 1. The van der Waals surface area contributed by atoms with Crippen LogP contribution in [0.4, 0.5) is 0 Å². The molecule has 124 valence electrons. The summed E-state index contributed by atoms with van der Waals surface area (Å²) in [7, 11) is 0. The van der Waals surface area contributed by atoms with Gasteiger partial charge in [-0.2, -0.15) is 0 Å². The Hall–Kier alpha value is -2.29. The molecule has 0 bridgehead atoms. The van der Waals surface area contributed by atoms with Crippen LogP contribution in [0.15, 0.2) is 63.7 Å². The van der Waals surface area contributed by atoms with Gasteiger partial charge in [0.1, 0.15) is 5.82 Å². The number of para-hydroxylation sites is 2. The fourth-order valence-corrected chi connectivity index (χ4v) is 4.62. The molecule has 0 spiro atoms. The van der Waals surface area contributed by atoms with Crippen molar-refractivity contribution in [3.8, 4) is 5.69 Å². The molecule has 2 aromatic carbocycles. The smallest absolute Gasteiger partial charge is 0.258 e. The molecule has 2 heterocycles. The average Bonchev–Trinajstić information content (AvgIpc) is 3.02. The molecule has 4 rings (SSSR count). The quantitative estimate of drug-likeness (QED) is 0.422. The Balaban J connectivity index is 1.58. The number of aromatic amines is 1. The molecule has 4 aromatic rings. The molecule has 8 heteroatoms. The van der Waals surface area contributed by atoms with E-state index in [1.54, 1.807) is 10.7 Å². The maximum Gasteiger partial charge on any atom is 0.258 e. The third-order valence-electron chi connectivity index (χ3n) is 3.52. The number of nitrogens with zero attached hydrogens (tertiary/aromatic N) is 3. The highest BCUT2D eigenvalue weighted by atomic mass is 32.2. The van der Waals surface area contributed by atoms with Crippen molar-refractivity contribution < 1.29 is 0 Å². The maximum absolute atomic E-state index is 12.1. The molecule has 0 radical (unpaired) electrons. The molecular weight excluding hydrogens is 372 g/mol. The second kappa shape index (κ2) is 6.91. The van der Waals surface area contributed by atoms with Crippen LogP contribution in [-0.2, 0) is 5.75 Å². The van der Waals surface area contributed by atoms with E-state index < -0.39 is 0 Å². The van der Waals surface area contributed by atoms with Crippen molar-refractivity contribution >= 4 is 46.2 Å². The molecule has 0 fully saturated rings. The summed E-state index contributed by atoms with van der Waals surface area (Å²) in [4.78, 5) is 19.5. The lowest BCUT2D eigenvalue weighted by Gasteiger charge is -2.01. The van der Waals surface area contributed by atoms with Gasteiger partial charge in [-0.25, -0.2) is 9.67 Å². The predicted molar refractivity (Wildman–Crippen MR) is 104 cm³/mol. The summed E-state index contributed by atoms with van der Waals surface area (Å²) in [5, 5.41) is 5.15. The summed E-state index contributed by atoms with van der Waals surface area (Å²) in [5.74, 6) is 1.15. The van der Waals surface area contributed by atoms with Gasteiger partial charge in [0.05, 0.1) is 22.3 Å². The molecule has 0 saturated heterocycles. The van der Waals surface area contributed by atoms with Gasteiger partial charge in [-0.3, -0.25) is 4.79 Å². The summed E-state index contributed by atoms with van der Waals surface area (Å²) < 4.78 is 3.28. The first-order valence-corrected chi connectivity index (χ1v) is 9.68. The van der Waals surface area contributed by atoms with E-state index in [2.05, 4.69) is 15.1 Å². The molecule has 0 aliphatic rings. The Bertz CT molecular complexity index is 1150. The summed E-state index contributed by atoms with van der Waals surface area (Å²) in [6.45, 7) is 0. The minimum absolute atomic E-state index is 0.122. The van der Waals surface area contributed by atoms with Crippen molar-refractivity contribution in [2.75, 3.05) is 0 Å². The third-order valence-corrected chi connectivity index (χ3v) is 5.90. The van der Waals surface area contributed by atoms with Crippen molar-refractivity contribution in [2.45, 2.75) is 10.1 Å². The van der Waals surface area contributed by atoms with Gasteiger partial charge in [-0.1, -0.05) is 53.4 Å². The van der Waals surface area contributed by atoms with Gasteiger partial charge < -0.3 is 4.98 Å². The Morgan fingerprint density at radius 3 is 2.72 bits per heavy atom. The lowest BCUT2D eigenvalue weighted by Crippen LogP contribution is -2.11. The average molecular weight is 385 g/mol. The fraction of sp³-hybridized carbons (Fsp3) is 0.0588. The van der Waals surface area contributed by atoms with Gasteiger partial charge in [0, 0.05) is 0 Å². The molecule has 0 atom stereocenters. The van der Waals surface area contributed by atoms with Crippen molar-refractivity contribution in [1.82, 2.24) is 19.7 Å². The maximum atomic E-state index is 12.1. The van der Waals surface area contributed by atoms with Gasteiger partial charge in [0.25, 0.3) is 5.56 Å². The first-order chi connectivity index (χ1) is 12.2. The third kappa shape index (κ3) is 3.41. The highest BCUT2D eigenvalue weighted by Crippen LogP contribution is 2.26. The van der Waals surface area contributed by atoms with Crippen molar-refractivity contribution in [2.24, 2.45) is 0 Å². The topological polar surface area (TPSA) is 63.6 Å². The number of thioether (sulfide) groups is 1. The molecule has 25 heavy (non-hydrogen) atoms. The summed E-state index contributed by atoms with van der Waals surface area (Å²) >= 11 is 8.36. The van der Waals surface area contributed by atoms with Gasteiger partial charge >= 0.3 is 0 Å². The zero-order valence-electron chi connectivity index (χ0n) is 12.9. The second-order valence-corrected chi connectivity index (χ2v) is 8.04. The Morgan fingerprint density at radius 1 is 1.12 bits per heavy atom. The van der Waals surface area contributed by atoms with Gasteiger partial charge in [0.2, 0.25) is 0 Å². The molecule has 5 nitrogen and oxygen atoms in total. The minimum atomic E-state index is -0.122. The van der Waals surface area contributed by atoms with E-state index >= 15 is 0 Å². The fourth-order valence-electron chi connectivity index (χ4n) is 2.38. The lowest BCUT2D eigenvalue weighted by atomic mass is 10.2. The van der Waals surface area contributed by atoms with Crippen LogP contribution in [0.1, 0.15) is 5.82 Å². The van der Waals surface area contributed by atoms with E-state index in [1.807, 2.05) is 48.5 Å². The predicted octanol–water partition coefficient (Wildman–Crippen LogP) is 4.19. The van der Waals surface area contributed by atoms with Crippen LogP contribution in [0.25, 0.3) is 16.6 Å². The number of benzene rings is 2. The molecule has 0 aliphatic heterocycles. The van der Waals surface area contributed by atoms with E-state index in [-0.39, 0.29) is 5.56 Å². The molecule has 1 N–H and O–H groups in total. The highest BCUT2D eigenvalue weighted by molar-refractivity contribution is 8.00. The van der Waals surface area contributed by atoms with Crippen LogP contribution < -0.4 is 5.56 Å². The zero-order valence-corrected chi connectivity index (χ0v) is 15.3. The second-order valence-electron chi connectivity index (χ2n) is 5.20. The van der Waals surface area contributed by atoms with Crippen LogP contribution >= 0.6 is 35.3 Å². The van der Waals surface area contributed by atoms with Crippen LogP contribution in [0.3, 0.4) is 0 Å². The van der Waals surface area contributed by atoms with Crippen molar-refractivity contribution in [3.63, 3.8) is 0 Å². The Labute approximate surface area is 156 Å². The monoisotopic (exact) mass is 384 g/mol. The molecule has 2 aromatic heterocycles. The normalized spacial score (nSPS) is 11.0. The number of aromatic nitrogens is 4. The number of nitrogens with one attached hydrogen (secondary N) is 1. The first-order valence-electron chi connectivity index (χ1n) is 7.47. The van der Waals surface area contributed by atoms with E-state index in [4.69, 9.17) is 12.2 Å². The van der Waals surface area contributed by atoms with E-state index in [1.165, 1.54) is 23.1 Å². The first kappa shape index (κ1) is 16.2. The number of H-pyrrole nitrogens is 1. The molecule has 0 amide bonds. The largest absolute Gasteiger partial charge is 0.309 e. The van der Waals surface area contributed by atoms with Crippen molar-refractivity contribution in [1.29, 1.82) is 0 Å². The van der Waals surface area contributed by atoms with Crippen LogP contribution in [0, 0.1) is 3.95 Å². The van der Waals surface area contributed by atoms with Crippen LogP contribution in [-0.4, -0.2) is 19.7 Å². The molecule has 0 aliphatic carbocycles. The molecular formula is C17H12N4OS3. The van der Waals surface area contributed by atoms with Crippen molar-refractivity contribution in [3.05, 3.63) is 74.7 Å². The number of hydrogen-bond acceptors (Lipinski definition) is 6. The van der Waals surface area contributed by atoms with Gasteiger partial charge in [-0.05, 0) is 36.5 Å². The molecule has 0 unspecified atom stereocenters. The van der Waals surface area contributed by atoms with E-state index in [9.17, 15) is 4.79 Å². The highest BCUT2D eigenvalue weighted by Gasteiger charge is 2.08. The lowest BCUT2D eigenvalue weighted by molar-refractivity contribution is 0.829. The Kier molecular flexibility index (Phi) is 4.48. The molecule has 0 saturated carbocycles. The zero-order chi connectivity index (χ0) is 17.2. The SMILES string of the molecule is O=c1[nH]c(CSc2nn(-c3ccccc3)c(=S)s2)nc2ccccc12. The summed E-state index contributed by atoms with van der Waals surface area (Å²) in [6, 6.07) is 17.1. The minimum Gasteiger partial charge on any atom is -0.309 e. The van der Waals surface area contributed by atoms with Crippen LogP contribution in [0.5, 0.6) is 0 Å². The van der Waals surface area contributed by atoms with E-state index in [0.717, 1.165) is 10.0 Å². The summed E-state index contributed by atoms with van der Waals surface area (Å²) in [6.07, 6.45) is 0. The van der Waals surface area contributed by atoms with Gasteiger partial charge in [0.15, 0.2) is 8.29 Å². The van der Waals surface area contributed by atoms with Crippen LogP contribution in [0.2, 0.25) is 0 Å².